The third kappa shape index (κ3) is 3.93. The van der Waals surface area contributed by atoms with E-state index in [2.05, 4.69) is 43.7 Å². The van der Waals surface area contributed by atoms with Crippen LogP contribution in [0.25, 0.3) is 11.0 Å². The third-order valence-corrected chi connectivity index (χ3v) is 5.50. The molecule has 27 heavy (non-hydrogen) atoms. The molecule has 4 rings (SSSR count). The van der Waals surface area contributed by atoms with Crippen molar-refractivity contribution in [3.63, 3.8) is 0 Å². The summed E-state index contributed by atoms with van der Waals surface area (Å²) in [7, 11) is 3.58. The first kappa shape index (κ1) is 18.2. The molecule has 1 fully saturated rings. The maximum absolute atomic E-state index is 14.1. The van der Waals surface area contributed by atoms with Crippen LogP contribution in [0, 0.1) is 11.7 Å². The molecule has 2 heterocycles. The monoisotopic (exact) mass is 387 g/mol. The minimum absolute atomic E-state index is 0.0538. The number of hydrazine groups is 1. The molecular weight excluding hydrogens is 365 g/mol. The number of hydrogen-bond donors (Lipinski definition) is 2. The Bertz CT molecular complexity index is 933. The predicted molar refractivity (Wildman–Crippen MR) is 104 cm³/mol. The third-order valence-electron chi connectivity index (χ3n) is 4.95. The van der Waals surface area contributed by atoms with Crippen LogP contribution in [0.4, 0.5) is 4.39 Å². The molecule has 2 aromatic carbocycles. The normalized spacial score (nSPS) is 19.9. The number of nitrogens with zero attached hydrogens (tertiary/aromatic N) is 3. The minimum Gasteiger partial charge on any atom is -0.494 e. The van der Waals surface area contributed by atoms with Crippen molar-refractivity contribution in [2.45, 2.75) is 12.6 Å². The lowest BCUT2D eigenvalue weighted by Gasteiger charge is -2.25. The van der Waals surface area contributed by atoms with E-state index in [4.69, 9.17) is 4.74 Å². The number of rotatable bonds is 6. The van der Waals surface area contributed by atoms with Gasteiger partial charge in [-0.2, -0.15) is 8.75 Å². The Balaban J connectivity index is 1.43. The SMILES string of the molecule is COc1ccc(C2NNCC2CN(C)Cc2ccc3nsnc3c2)cc1F. The molecule has 8 heteroatoms. The van der Waals surface area contributed by atoms with Crippen LogP contribution in [0.2, 0.25) is 0 Å². The van der Waals surface area contributed by atoms with E-state index in [1.807, 2.05) is 12.1 Å². The number of nitrogens with one attached hydrogen (secondary N) is 2. The Morgan fingerprint density at radius 2 is 2.07 bits per heavy atom. The van der Waals surface area contributed by atoms with Crippen LogP contribution in [0.15, 0.2) is 36.4 Å². The zero-order valence-electron chi connectivity index (χ0n) is 15.3. The van der Waals surface area contributed by atoms with Crippen LogP contribution in [0.5, 0.6) is 5.75 Å². The van der Waals surface area contributed by atoms with Crippen molar-refractivity contribution in [3.8, 4) is 5.75 Å². The molecule has 6 nitrogen and oxygen atoms in total. The maximum atomic E-state index is 14.1. The molecule has 0 amide bonds. The Labute approximate surface area is 161 Å². The van der Waals surface area contributed by atoms with Crippen molar-refractivity contribution in [1.82, 2.24) is 24.5 Å². The number of benzene rings is 2. The number of ether oxygens (including phenoxy) is 1. The van der Waals surface area contributed by atoms with Gasteiger partial charge in [-0.3, -0.25) is 5.43 Å². The molecule has 2 atom stereocenters. The van der Waals surface area contributed by atoms with Crippen molar-refractivity contribution >= 4 is 22.8 Å². The van der Waals surface area contributed by atoms with Crippen LogP contribution in [0.1, 0.15) is 17.2 Å². The zero-order chi connectivity index (χ0) is 18.8. The lowest BCUT2D eigenvalue weighted by molar-refractivity contribution is 0.262. The van der Waals surface area contributed by atoms with Gasteiger partial charge in [-0.1, -0.05) is 12.1 Å². The summed E-state index contributed by atoms with van der Waals surface area (Å²) in [6, 6.07) is 11.4. The molecule has 142 valence electrons. The van der Waals surface area contributed by atoms with Crippen LogP contribution >= 0.6 is 11.7 Å². The lowest BCUT2D eigenvalue weighted by atomic mass is 9.94. The number of aromatic nitrogens is 2. The second-order valence-electron chi connectivity index (χ2n) is 6.94. The van der Waals surface area contributed by atoms with Gasteiger partial charge in [0.2, 0.25) is 0 Å². The highest BCUT2D eigenvalue weighted by atomic mass is 32.1. The van der Waals surface area contributed by atoms with E-state index in [1.165, 1.54) is 24.4 Å². The van der Waals surface area contributed by atoms with Gasteiger partial charge in [-0.25, -0.2) is 9.82 Å². The van der Waals surface area contributed by atoms with E-state index in [0.29, 0.717) is 5.92 Å². The highest BCUT2D eigenvalue weighted by Gasteiger charge is 2.29. The van der Waals surface area contributed by atoms with Crippen LogP contribution < -0.4 is 15.6 Å². The van der Waals surface area contributed by atoms with Crippen molar-refractivity contribution in [1.29, 1.82) is 0 Å². The molecule has 0 bridgehead atoms. The maximum Gasteiger partial charge on any atom is 0.165 e. The number of hydrogen-bond acceptors (Lipinski definition) is 7. The average molecular weight is 387 g/mol. The molecule has 1 aliphatic rings. The van der Waals surface area contributed by atoms with Gasteiger partial charge in [0.1, 0.15) is 11.0 Å². The summed E-state index contributed by atoms with van der Waals surface area (Å²) in [4.78, 5) is 2.28. The van der Waals surface area contributed by atoms with Crippen LogP contribution in [0.3, 0.4) is 0 Å². The van der Waals surface area contributed by atoms with E-state index in [9.17, 15) is 4.39 Å². The first-order chi connectivity index (χ1) is 13.1. The molecule has 2 unspecified atom stereocenters. The fraction of sp³-hybridized carbons (Fsp3) is 0.368. The van der Waals surface area contributed by atoms with E-state index >= 15 is 0 Å². The average Bonchev–Trinajstić information content (AvgIpc) is 3.30. The minimum atomic E-state index is -0.332. The van der Waals surface area contributed by atoms with Gasteiger partial charge in [0.15, 0.2) is 11.6 Å². The van der Waals surface area contributed by atoms with Gasteiger partial charge in [0, 0.05) is 25.6 Å². The molecule has 0 radical (unpaired) electrons. The molecule has 0 aliphatic carbocycles. The topological polar surface area (TPSA) is 62.3 Å². The summed E-state index contributed by atoms with van der Waals surface area (Å²) in [5, 5.41) is 0. The molecule has 1 aromatic heterocycles. The van der Waals surface area contributed by atoms with Crippen LogP contribution in [-0.4, -0.2) is 40.9 Å². The van der Waals surface area contributed by atoms with Crippen molar-refractivity contribution in [2.24, 2.45) is 5.92 Å². The molecule has 2 N–H and O–H groups in total. The molecule has 0 spiro atoms. The Hall–Kier alpha value is -2.13. The van der Waals surface area contributed by atoms with Gasteiger partial charge >= 0.3 is 0 Å². The second-order valence-corrected chi connectivity index (χ2v) is 7.47. The molecular formula is C19H22FN5OS. The van der Waals surface area contributed by atoms with E-state index < -0.39 is 0 Å². The standard InChI is InChI=1S/C19H22FN5OS/c1-25(10-12-3-5-16-17(7-12)24-27-23-16)11-14-9-21-22-19(14)13-4-6-18(26-2)15(20)8-13/h3-8,14,19,21-22H,9-11H2,1-2H3. The molecule has 1 saturated heterocycles. The second kappa shape index (κ2) is 7.85. The summed E-state index contributed by atoms with van der Waals surface area (Å²) in [5.41, 5.74) is 10.5. The van der Waals surface area contributed by atoms with E-state index in [1.54, 1.807) is 12.1 Å². The zero-order valence-corrected chi connectivity index (χ0v) is 16.1. The Morgan fingerprint density at radius 3 is 2.89 bits per heavy atom. The number of methoxy groups -OCH3 is 1. The Morgan fingerprint density at radius 1 is 1.22 bits per heavy atom. The van der Waals surface area contributed by atoms with Gasteiger partial charge < -0.3 is 9.64 Å². The fourth-order valence-corrected chi connectivity index (χ4v) is 4.16. The van der Waals surface area contributed by atoms with Crippen molar-refractivity contribution in [2.75, 3.05) is 27.2 Å². The highest BCUT2D eigenvalue weighted by molar-refractivity contribution is 7.00. The summed E-state index contributed by atoms with van der Waals surface area (Å²) in [6.07, 6.45) is 0. The summed E-state index contributed by atoms with van der Waals surface area (Å²) in [6.45, 7) is 2.54. The first-order valence-corrected chi connectivity index (χ1v) is 9.58. The lowest BCUT2D eigenvalue weighted by Crippen LogP contribution is -2.30. The molecule has 0 saturated carbocycles. The van der Waals surface area contributed by atoms with Gasteiger partial charge in [-0.05, 0) is 42.4 Å². The van der Waals surface area contributed by atoms with Crippen molar-refractivity contribution in [3.05, 3.63) is 53.3 Å². The predicted octanol–water partition coefficient (Wildman–Crippen LogP) is 2.74. The van der Waals surface area contributed by atoms with Crippen LogP contribution in [-0.2, 0) is 6.54 Å². The Kier molecular flexibility index (Phi) is 5.31. The number of fused-ring (bicyclic) bond motifs is 1. The quantitative estimate of drug-likeness (QED) is 0.678. The number of halogens is 1. The largest absolute Gasteiger partial charge is 0.494 e. The summed E-state index contributed by atoms with van der Waals surface area (Å²) in [5.74, 6) is 0.263. The summed E-state index contributed by atoms with van der Waals surface area (Å²) < 4.78 is 27.7. The van der Waals surface area contributed by atoms with Gasteiger partial charge in [0.25, 0.3) is 0 Å². The van der Waals surface area contributed by atoms with E-state index in [0.717, 1.165) is 36.2 Å². The van der Waals surface area contributed by atoms with Gasteiger partial charge in [0.05, 0.1) is 24.9 Å². The van der Waals surface area contributed by atoms with Crippen molar-refractivity contribution < 1.29 is 9.13 Å². The molecule has 3 aromatic rings. The van der Waals surface area contributed by atoms with Gasteiger partial charge in [-0.15, -0.1) is 0 Å². The van der Waals surface area contributed by atoms with E-state index in [-0.39, 0.29) is 17.6 Å². The fourth-order valence-electron chi connectivity index (χ4n) is 3.64. The highest BCUT2D eigenvalue weighted by Crippen LogP contribution is 2.29. The molecule has 1 aliphatic heterocycles. The smallest absolute Gasteiger partial charge is 0.165 e. The first-order valence-electron chi connectivity index (χ1n) is 8.85. The summed E-state index contributed by atoms with van der Waals surface area (Å²) >= 11 is 1.24.